The van der Waals surface area contributed by atoms with Gasteiger partial charge in [-0.2, -0.15) is 0 Å². The van der Waals surface area contributed by atoms with Gasteiger partial charge in [0.2, 0.25) is 0 Å². The van der Waals surface area contributed by atoms with E-state index in [4.69, 9.17) is 16.7 Å². The molecule has 2 rings (SSSR count). The lowest BCUT2D eigenvalue weighted by Gasteiger charge is -1.98. The summed E-state index contributed by atoms with van der Waals surface area (Å²) >= 11 is 9.44. The van der Waals surface area contributed by atoms with Gasteiger partial charge in [0, 0.05) is 22.7 Å². The number of hydrogen-bond acceptors (Lipinski definition) is 1. The molecule has 0 atom stereocenters. The van der Waals surface area contributed by atoms with Crippen molar-refractivity contribution in [2.45, 2.75) is 6.42 Å². The molecule has 0 saturated heterocycles. The molecule has 0 amide bonds. The average Bonchev–Trinajstić information content (AvgIpc) is 2.49. The van der Waals surface area contributed by atoms with Crippen LogP contribution in [-0.2, 0) is 6.42 Å². The van der Waals surface area contributed by atoms with Crippen LogP contribution in [0.5, 0.6) is 0 Å². The summed E-state index contributed by atoms with van der Waals surface area (Å²) in [6.07, 6.45) is 2.53. The second-order valence-corrected chi connectivity index (χ2v) is 4.42. The van der Waals surface area contributed by atoms with E-state index in [1.165, 1.54) is 0 Å². The lowest BCUT2D eigenvalue weighted by Crippen LogP contribution is -1.88. The van der Waals surface area contributed by atoms with Gasteiger partial charge in [-0.05, 0) is 24.1 Å². The van der Waals surface area contributed by atoms with E-state index in [1.54, 1.807) is 0 Å². The fourth-order valence-electron chi connectivity index (χ4n) is 1.54. The summed E-state index contributed by atoms with van der Waals surface area (Å²) in [6.45, 7) is 0.150. The number of H-pyrrole nitrogens is 1. The summed E-state index contributed by atoms with van der Waals surface area (Å²) in [5.41, 5.74) is 2.02. The minimum Gasteiger partial charge on any atom is -0.396 e. The highest BCUT2D eigenvalue weighted by molar-refractivity contribution is 9.10. The summed E-state index contributed by atoms with van der Waals surface area (Å²) in [6, 6.07) is 3.85. The molecule has 0 saturated carbocycles. The Morgan fingerprint density at radius 2 is 2.21 bits per heavy atom. The fourth-order valence-corrected chi connectivity index (χ4v) is 2.40. The third kappa shape index (κ3) is 1.67. The molecule has 0 radical (unpaired) electrons. The van der Waals surface area contributed by atoms with Gasteiger partial charge in [0.15, 0.2) is 0 Å². The summed E-state index contributed by atoms with van der Waals surface area (Å²) in [4.78, 5) is 3.10. The van der Waals surface area contributed by atoms with Crippen LogP contribution < -0.4 is 0 Å². The van der Waals surface area contributed by atoms with Crippen molar-refractivity contribution in [2.75, 3.05) is 6.61 Å². The second-order valence-electron chi connectivity index (χ2n) is 3.10. The Kier molecular flexibility index (Phi) is 2.81. The molecular formula is C10H9BrClNO. The Morgan fingerprint density at radius 3 is 2.93 bits per heavy atom. The molecule has 0 aliphatic carbocycles. The maximum absolute atomic E-state index is 8.88. The number of benzene rings is 1. The number of hydrogen-bond donors (Lipinski definition) is 2. The van der Waals surface area contributed by atoms with E-state index in [0.29, 0.717) is 11.4 Å². The van der Waals surface area contributed by atoms with Gasteiger partial charge in [-0.3, -0.25) is 0 Å². The van der Waals surface area contributed by atoms with Crippen LogP contribution in [-0.4, -0.2) is 16.7 Å². The Labute approximate surface area is 95.0 Å². The minimum absolute atomic E-state index is 0.150. The average molecular weight is 275 g/mol. The highest BCUT2D eigenvalue weighted by Crippen LogP contribution is 2.29. The number of aliphatic hydroxyl groups is 1. The van der Waals surface area contributed by atoms with Crippen molar-refractivity contribution in [3.05, 3.63) is 33.4 Å². The van der Waals surface area contributed by atoms with E-state index in [-0.39, 0.29) is 6.61 Å². The SMILES string of the molecule is OCCc1c[nH]c2c(Cl)cc(Br)cc12. The molecule has 2 aromatic rings. The Balaban J connectivity index is 2.66. The third-order valence-corrected chi connectivity index (χ3v) is 2.93. The number of aromatic amines is 1. The van der Waals surface area contributed by atoms with Gasteiger partial charge in [-0.15, -0.1) is 0 Å². The molecule has 74 valence electrons. The fraction of sp³-hybridized carbons (Fsp3) is 0.200. The predicted octanol–water partition coefficient (Wildman–Crippen LogP) is 3.12. The Bertz CT molecular complexity index is 466. The molecule has 1 heterocycles. The number of aliphatic hydroxyl groups excluding tert-OH is 1. The first-order valence-corrected chi connectivity index (χ1v) is 5.45. The lowest BCUT2D eigenvalue weighted by molar-refractivity contribution is 0.300. The first-order chi connectivity index (χ1) is 6.72. The number of halogens is 2. The van der Waals surface area contributed by atoms with E-state index >= 15 is 0 Å². The molecule has 0 fully saturated rings. The van der Waals surface area contributed by atoms with Gasteiger partial charge in [-0.25, -0.2) is 0 Å². The van der Waals surface area contributed by atoms with Crippen LogP contribution in [0.2, 0.25) is 5.02 Å². The van der Waals surface area contributed by atoms with Crippen molar-refractivity contribution >= 4 is 38.4 Å². The molecule has 0 spiro atoms. The molecule has 0 aliphatic rings. The first-order valence-electron chi connectivity index (χ1n) is 4.28. The summed E-state index contributed by atoms with van der Waals surface area (Å²) in [5, 5.41) is 10.6. The van der Waals surface area contributed by atoms with Crippen LogP contribution in [0.15, 0.2) is 22.8 Å². The largest absolute Gasteiger partial charge is 0.396 e. The van der Waals surface area contributed by atoms with Crippen LogP contribution in [0.3, 0.4) is 0 Å². The van der Waals surface area contributed by atoms with Crippen LogP contribution in [0.4, 0.5) is 0 Å². The lowest BCUT2D eigenvalue weighted by atomic mass is 10.1. The van der Waals surface area contributed by atoms with Crippen molar-refractivity contribution in [1.29, 1.82) is 0 Å². The quantitative estimate of drug-likeness (QED) is 0.867. The molecule has 1 aromatic heterocycles. The summed E-state index contributed by atoms with van der Waals surface area (Å²) < 4.78 is 0.953. The van der Waals surface area contributed by atoms with Crippen molar-refractivity contribution in [2.24, 2.45) is 0 Å². The molecule has 4 heteroatoms. The van der Waals surface area contributed by atoms with Crippen LogP contribution in [0, 0.1) is 0 Å². The van der Waals surface area contributed by atoms with Crippen LogP contribution in [0.25, 0.3) is 10.9 Å². The van der Waals surface area contributed by atoms with Crippen molar-refractivity contribution in [1.82, 2.24) is 4.98 Å². The van der Waals surface area contributed by atoms with E-state index in [0.717, 1.165) is 20.9 Å². The molecule has 1 aromatic carbocycles. The molecule has 2 nitrogen and oxygen atoms in total. The topological polar surface area (TPSA) is 36.0 Å². The molecular weight excluding hydrogens is 265 g/mol. The van der Waals surface area contributed by atoms with Crippen molar-refractivity contribution < 1.29 is 5.11 Å². The smallest absolute Gasteiger partial charge is 0.0658 e. The minimum atomic E-state index is 0.150. The summed E-state index contributed by atoms with van der Waals surface area (Å²) in [7, 11) is 0. The van der Waals surface area contributed by atoms with E-state index in [9.17, 15) is 0 Å². The molecule has 2 N–H and O–H groups in total. The Morgan fingerprint density at radius 1 is 1.43 bits per heavy atom. The maximum Gasteiger partial charge on any atom is 0.0658 e. The van der Waals surface area contributed by atoms with Crippen molar-refractivity contribution in [3.8, 4) is 0 Å². The van der Waals surface area contributed by atoms with Gasteiger partial charge < -0.3 is 10.1 Å². The first kappa shape index (κ1) is 10.0. The molecule has 14 heavy (non-hydrogen) atoms. The zero-order chi connectivity index (χ0) is 10.1. The van der Waals surface area contributed by atoms with Gasteiger partial charge in [0.1, 0.15) is 0 Å². The number of fused-ring (bicyclic) bond motifs is 1. The van der Waals surface area contributed by atoms with Crippen LogP contribution in [0.1, 0.15) is 5.56 Å². The van der Waals surface area contributed by atoms with E-state index in [1.807, 2.05) is 18.3 Å². The maximum atomic E-state index is 8.88. The van der Waals surface area contributed by atoms with Gasteiger partial charge in [0.05, 0.1) is 10.5 Å². The molecule has 0 bridgehead atoms. The standard InChI is InChI=1S/C10H9BrClNO/c11-7-3-8-6(1-2-14)5-13-10(8)9(12)4-7/h3-5,13-14H,1-2H2. The van der Waals surface area contributed by atoms with Gasteiger partial charge in [-0.1, -0.05) is 27.5 Å². The monoisotopic (exact) mass is 273 g/mol. The van der Waals surface area contributed by atoms with Gasteiger partial charge >= 0.3 is 0 Å². The predicted molar refractivity (Wildman–Crippen MR) is 61.8 cm³/mol. The molecule has 0 aliphatic heterocycles. The Hall–Kier alpha value is -0.510. The normalized spacial score (nSPS) is 11.1. The zero-order valence-corrected chi connectivity index (χ0v) is 9.69. The van der Waals surface area contributed by atoms with Gasteiger partial charge in [0.25, 0.3) is 0 Å². The highest BCUT2D eigenvalue weighted by Gasteiger charge is 2.07. The number of rotatable bonds is 2. The third-order valence-electron chi connectivity index (χ3n) is 2.17. The second kappa shape index (κ2) is 3.93. The number of nitrogens with one attached hydrogen (secondary N) is 1. The molecule has 0 unspecified atom stereocenters. The number of aromatic nitrogens is 1. The van der Waals surface area contributed by atoms with Crippen molar-refractivity contribution in [3.63, 3.8) is 0 Å². The van der Waals surface area contributed by atoms with Crippen LogP contribution >= 0.6 is 27.5 Å². The van der Waals surface area contributed by atoms with E-state index < -0.39 is 0 Å². The highest BCUT2D eigenvalue weighted by atomic mass is 79.9. The zero-order valence-electron chi connectivity index (χ0n) is 7.35. The summed E-state index contributed by atoms with van der Waals surface area (Å²) in [5.74, 6) is 0. The van der Waals surface area contributed by atoms with E-state index in [2.05, 4.69) is 20.9 Å².